The molecular weight excluding hydrogens is 416 g/mol. The highest BCUT2D eigenvalue weighted by Gasteiger charge is 2.26. The van der Waals surface area contributed by atoms with Gasteiger partial charge in [0.05, 0.1) is 5.02 Å². The van der Waals surface area contributed by atoms with E-state index in [2.05, 4.69) is 20.6 Å². The zero-order chi connectivity index (χ0) is 20.3. The summed E-state index contributed by atoms with van der Waals surface area (Å²) in [5.41, 5.74) is 0.518. The molecule has 1 aromatic heterocycles. The van der Waals surface area contributed by atoms with Crippen molar-refractivity contribution in [2.24, 2.45) is 5.92 Å². The Morgan fingerprint density at radius 1 is 1.17 bits per heavy atom. The smallest absolute Gasteiger partial charge is 0.227 e. The van der Waals surface area contributed by atoms with E-state index in [1.807, 2.05) is 32.0 Å². The van der Waals surface area contributed by atoms with Crippen LogP contribution in [0.4, 0.5) is 21.7 Å². The number of rotatable bonds is 5. The predicted octanol–water partition coefficient (Wildman–Crippen LogP) is 4.67. The van der Waals surface area contributed by atoms with Gasteiger partial charge in [0.15, 0.2) is 0 Å². The first-order valence-electron chi connectivity index (χ1n) is 9.37. The second kappa shape index (κ2) is 10.1. The molecule has 1 fully saturated rings. The standard InChI is InChI=1S/C20H25ClFN5O.ClH/c1-12-23-18(11-19(24-12)27(2)3)25-14-6-4-13(5-7-14)20(28)26-15-8-9-17(22)16(21)10-15;/h8-11,13-14H,4-7H2,1-3H3,(H,26,28)(H,23,24,25);1H/t13-,14+;. The Kier molecular flexibility index (Phi) is 8.05. The van der Waals surface area contributed by atoms with E-state index in [1.165, 1.54) is 18.2 Å². The lowest BCUT2D eigenvalue weighted by molar-refractivity contribution is -0.120. The van der Waals surface area contributed by atoms with Gasteiger partial charge in [-0.2, -0.15) is 0 Å². The molecule has 1 aliphatic carbocycles. The zero-order valence-corrected chi connectivity index (χ0v) is 18.3. The van der Waals surface area contributed by atoms with Gasteiger partial charge < -0.3 is 15.5 Å². The van der Waals surface area contributed by atoms with Gasteiger partial charge in [0.1, 0.15) is 23.3 Å². The largest absolute Gasteiger partial charge is 0.367 e. The summed E-state index contributed by atoms with van der Waals surface area (Å²) in [6.45, 7) is 1.88. The van der Waals surface area contributed by atoms with Crippen molar-refractivity contribution >= 4 is 47.2 Å². The average Bonchev–Trinajstić information content (AvgIpc) is 2.65. The molecule has 158 valence electrons. The van der Waals surface area contributed by atoms with E-state index >= 15 is 0 Å². The number of hydrogen-bond acceptors (Lipinski definition) is 5. The van der Waals surface area contributed by atoms with Crippen molar-refractivity contribution in [2.75, 3.05) is 29.6 Å². The van der Waals surface area contributed by atoms with Crippen molar-refractivity contribution in [2.45, 2.75) is 38.6 Å². The molecule has 2 N–H and O–H groups in total. The molecule has 0 saturated heterocycles. The highest BCUT2D eigenvalue weighted by atomic mass is 35.5. The van der Waals surface area contributed by atoms with Crippen LogP contribution in [0.15, 0.2) is 24.3 Å². The van der Waals surface area contributed by atoms with Gasteiger partial charge in [-0.1, -0.05) is 11.6 Å². The van der Waals surface area contributed by atoms with Gasteiger partial charge in [-0.05, 0) is 50.8 Å². The van der Waals surface area contributed by atoms with Gasteiger partial charge in [0.25, 0.3) is 0 Å². The number of carbonyl (C=O) groups is 1. The predicted molar refractivity (Wildman–Crippen MR) is 118 cm³/mol. The minimum absolute atomic E-state index is 0. The lowest BCUT2D eigenvalue weighted by Crippen LogP contribution is -2.32. The second-order valence-electron chi connectivity index (χ2n) is 7.36. The Labute approximate surface area is 181 Å². The first kappa shape index (κ1) is 23.2. The van der Waals surface area contributed by atoms with Gasteiger partial charge in [-0.15, -0.1) is 12.4 Å². The van der Waals surface area contributed by atoms with Crippen molar-refractivity contribution in [1.29, 1.82) is 0 Å². The second-order valence-corrected chi connectivity index (χ2v) is 7.77. The molecule has 0 aliphatic heterocycles. The average molecular weight is 442 g/mol. The number of anilines is 3. The normalized spacial score (nSPS) is 18.5. The van der Waals surface area contributed by atoms with Crippen LogP contribution in [0.5, 0.6) is 0 Å². The number of carbonyl (C=O) groups excluding carboxylic acids is 1. The quantitative estimate of drug-likeness (QED) is 0.704. The van der Waals surface area contributed by atoms with Crippen molar-refractivity contribution < 1.29 is 9.18 Å². The molecule has 1 aliphatic rings. The van der Waals surface area contributed by atoms with Gasteiger partial charge in [0.2, 0.25) is 5.91 Å². The van der Waals surface area contributed by atoms with E-state index in [0.717, 1.165) is 43.1 Å². The third-order valence-electron chi connectivity index (χ3n) is 4.92. The molecule has 1 heterocycles. The minimum Gasteiger partial charge on any atom is -0.367 e. The summed E-state index contributed by atoms with van der Waals surface area (Å²) in [6, 6.07) is 6.41. The third kappa shape index (κ3) is 6.18. The molecule has 0 unspecified atom stereocenters. The molecule has 2 aromatic rings. The topological polar surface area (TPSA) is 70.2 Å². The Balaban J connectivity index is 0.00000300. The van der Waals surface area contributed by atoms with Crippen LogP contribution in [-0.4, -0.2) is 36.0 Å². The Bertz CT molecular complexity index is 857. The monoisotopic (exact) mass is 441 g/mol. The fourth-order valence-corrected chi connectivity index (χ4v) is 3.56. The molecule has 1 aromatic carbocycles. The summed E-state index contributed by atoms with van der Waals surface area (Å²) in [4.78, 5) is 23.3. The van der Waals surface area contributed by atoms with E-state index in [4.69, 9.17) is 11.6 Å². The summed E-state index contributed by atoms with van der Waals surface area (Å²) >= 11 is 5.77. The van der Waals surface area contributed by atoms with Gasteiger partial charge >= 0.3 is 0 Å². The van der Waals surface area contributed by atoms with Crippen LogP contribution in [0, 0.1) is 18.7 Å². The third-order valence-corrected chi connectivity index (χ3v) is 5.21. The molecule has 0 atom stereocenters. The number of aromatic nitrogens is 2. The van der Waals surface area contributed by atoms with E-state index in [9.17, 15) is 9.18 Å². The maximum Gasteiger partial charge on any atom is 0.227 e. The SMILES string of the molecule is Cc1nc(N[C@H]2CC[C@@H](C(=O)Nc3ccc(F)c(Cl)c3)CC2)cc(N(C)C)n1.Cl. The van der Waals surface area contributed by atoms with Crippen molar-refractivity contribution in [1.82, 2.24) is 9.97 Å². The fraction of sp³-hybridized carbons (Fsp3) is 0.450. The highest BCUT2D eigenvalue weighted by Crippen LogP contribution is 2.28. The lowest BCUT2D eigenvalue weighted by atomic mass is 9.85. The minimum atomic E-state index is -0.497. The van der Waals surface area contributed by atoms with Crippen LogP contribution in [0.2, 0.25) is 5.02 Å². The van der Waals surface area contributed by atoms with E-state index in [1.54, 1.807) is 0 Å². The van der Waals surface area contributed by atoms with Crippen LogP contribution in [0.1, 0.15) is 31.5 Å². The number of nitrogens with zero attached hydrogens (tertiary/aromatic N) is 3. The maximum absolute atomic E-state index is 13.2. The zero-order valence-electron chi connectivity index (χ0n) is 16.7. The van der Waals surface area contributed by atoms with E-state index in [-0.39, 0.29) is 35.3 Å². The summed E-state index contributed by atoms with van der Waals surface area (Å²) in [5.74, 6) is 1.79. The molecule has 1 saturated carbocycles. The maximum atomic E-state index is 13.2. The summed E-state index contributed by atoms with van der Waals surface area (Å²) < 4.78 is 13.2. The van der Waals surface area contributed by atoms with Crippen molar-refractivity contribution in [3.63, 3.8) is 0 Å². The summed E-state index contributed by atoms with van der Waals surface area (Å²) in [7, 11) is 3.90. The molecule has 0 bridgehead atoms. The summed E-state index contributed by atoms with van der Waals surface area (Å²) in [6.07, 6.45) is 3.32. The van der Waals surface area contributed by atoms with Gasteiger partial charge in [0, 0.05) is 37.8 Å². The van der Waals surface area contributed by atoms with E-state index in [0.29, 0.717) is 5.69 Å². The Hall–Kier alpha value is -2.12. The fourth-order valence-electron chi connectivity index (χ4n) is 3.38. The van der Waals surface area contributed by atoms with Crippen molar-refractivity contribution in [3.05, 3.63) is 40.9 Å². The molecule has 29 heavy (non-hydrogen) atoms. The Morgan fingerprint density at radius 3 is 2.48 bits per heavy atom. The van der Waals surface area contributed by atoms with Gasteiger partial charge in [-0.25, -0.2) is 14.4 Å². The van der Waals surface area contributed by atoms with Crippen LogP contribution < -0.4 is 15.5 Å². The number of amides is 1. The highest BCUT2D eigenvalue weighted by molar-refractivity contribution is 6.31. The first-order chi connectivity index (χ1) is 13.3. The van der Waals surface area contributed by atoms with Gasteiger partial charge in [-0.3, -0.25) is 4.79 Å². The molecule has 0 spiro atoms. The summed E-state index contributed by atoms with van der Waals surface area (Å²) in [5, 5.41) is 6.31. The molecule has 1 amide bonds. The number of benzene rings is 1. The number of aryl methyl sites for hydroxylation is 1. The number of hydrogen-bond donors (Lipinski definition) is 2. The lowest BCUT2D eigenvalue weighted by Gasteiger charge is -2.29. The van der Waals surface area contributed by atoms with E-state index < -0.39 is 5.82 Å². The Morgan fingerprint density at radius 2 is 1.86 bits per heavy atom. The number of nitrogens with one attached hydrogen (secondary N) is 2. The van der Waals surface area contributed by atoms with Crippen LogP contribution in [-0.2, 0) is 4.79 Å². The van der Waals surface area contributed by atoms with Crippen LogP contribution in [0.25, 0.3) is 0 Å². The van der Waals surface area contributed by atoms with Crippen LogP contribution in [0.3, 0.4) is 0 Å². The first-order valence-corrected chi connectivity index (χ1v) is 9.75. The van der Waals surface area contributed by atoms with Crippen LogP contribution >= 0.6 is 24.0 Å². The molecule has 0 radical (unpaired) electrons. The number of halogens is 3. The molecule has 6 nitrogen and oxygen atoms in total. The molecular formula is C20H26Cl2FN5O. The molecule has 9 heteroatoms. The molecule has 3 rings (SSSR count). The van der Waals surface area contributed by atoms with Crippen molar-refractivity contribution in [3.8, 4) is 0 Å².